The Hall–Kier alpha value is -1.01. The largest absolute Gasteiger partial charge is 0.417 e. The summed E-state index contributed by atoms with van der Waals surface area (Å²) in [4.78, 5) is 5.77. The Kier molecular flexibility index (Phi) is 4.44. The van der Waals surface area contributed by atoms with Gasteiger partial charge in [-0.3, -0.25) is 4.98 Å². The zero-order valence-electron chi connectivity index (χ0n) is 10.9. The number of hydrogen-bond acceptors (Lipinski definition) is 3. The quantitative estimate of drug-likeness (QED) is 0.864. The molecule has 0 unspecified atom stereocenters. The Morgan fingerprint density at radius 2 is 1.95 bits per heavy atom. The van der Waals surface area contributed by atoms with Gasteiger partial charge in [-0.1, -0.05) is 0 Å². The van der Waals surface area contributed by atoms with Crippen LogP contribution in [0.5, 0.6) is 0 Å². The highest BCUT2D eigenvalue weighted by Crippen LogP contribution is 2.34. The van der Waals surface area contributed by atoms with E-state index in [9.17, 15) is 13.2 Å². The highest BCUT2D eigenvalue weighted by atomic mass is 35.5. The molecule has 0 aliphatic carbocycles. The van der Waals surface area contributed by atoms with Crippen molar-refractivity contribution in [3.8, 4) is 0 Å². The summed E-state index contributed by atoms with van der Waals surface area (Å²) in [6.07, 6.45) is -0.807. The number of pyridine rings is 1. The molecule has 0 spiro atoms. The van der Waals surface area contributed by atoms with Crippen LogP contribution in [-0.4, -0.2) is 31.2 Å². The van der Waals surface area contributed by atoms with E-state index in [0.717, 1.165) is 38.8 Å². The van der Waals surface area contributed by atoms with Crippen LogP contribution in [0.25, 0.3) is 0 Å². The van der Waals surface area contributed by atoms with Gasteiger partial charge in [0.05, 0.1) is 17.4 Å². The Balaban J connectivity index is 0.00000147. The third-order valence-electron chi connectivity index (χ3n) is 4.09. The summed E-state index contributed by atoms with van der Waals surface area (Å²) in [5.74, 6) is 1.14. The molecule has 3 rings (SSSR count). The fraction of sp³-hybridized carbons (Fsp3) is 0.615. The molecule has 1 aromatic heterocycles. The highest BCUT2D eigenvalue weighted by Gasteiger charge is 2.36. The molecule has 2 fully saturated rings. The van der Waals surface area contributed by atoms with Gasteiger partial charge in [0.2, 0.25) is 0 Å². The molecule has 0 bridgehead atoms. The van der Waals surface area contributed by atoms with Crippen molar-refractivity contribution in [1.82, 2.24) is 10.3 Å². The normalized spacial score (nSPS) is 26.1. The van der Waals surface area contributed by atoms with Crippen LogP contribution in [0.4, 0.5) is 18.9 Å². The first-order valence-corrected chi connectivity index (χ1v) is 6.52. The monoisotopic (exact) mass is 307 g/mol. The minimum Gasteiger partial charge on any atom is -0.370 e. The second-order valence-electron chi connectivity index (χ2n) is 5.35. The van der Waals surface area contributed by atoms with E-state index in [0.29, 0.717) is 17.5 Å². The van der Waals surface area contributed by atoms with Gasteiger partial charge in [-0.05, 0) is 37.4 Å². The number of nitrogens with one attached hydrogen (secondary N) is 1. The van der Waals surface area contributed by atoms with Gasteiger partial charge in [0.25, 0.3) is 0 Å². The molecule has 0 aromatic carbocycles. The number of halogens is 4. The van der Waals surface area contributed by atoms with Gasteiger partial charge in [-0.15, -0.1) is 12.4 Å². The number of aromatic nitrogens is 1. The second kappa shape index (κ2) is 5.77. The Bertz CT molecular complexity index is 452. The molecule has 0 saturated carbocycles. The average Bonchev–Trinajstić information content (AvgIpc) is 2.81. The molecule has 7 heteroatoms. The summed E-state index contributed by atoms with van der Waals surface area (Å²) >= 11 is 0. The lowest BCUT2D eigenvalue weighted by atomic mass is 9.90. The summed E-state index contributed by atoms with van der Waals surface area (Å²) in [6, 6.07) is 1.21. The maximum Gasteiger partial charge on any atom is 0.417 e. The van der Waals surface area contributed by atoms with Gasteiger partial charge in [0, 0.05) is 19.3 Å². The summed E-state index contributed by atoms with van der Waals surface area (Å²) in [5.41, 5.74) is -0.0813. The van der Waals surface area contributed by atoms with E-state index in [-0.39, 0.29) is 12.4 Å². The summed E-state index contributed by atoms with van der Waals surface area (Å²) in [7, 11) is 0. The standard InChI is InChI=1S/C13H16F3N3.ClH/c14-13(15,16)11-3-12(6-18-5-11)19-7-9-1-2-17-4-10(9)8-19;/h3,5-6,9-10,17H,1-2,4,7-8H2;1H/t9-,10+;/m0./s1. The summed E-state index contributed by atoms with van der Waals surface area (Å²) < 4.78 is 38.0. The number of nitrogens with zero attached hydrogens (tertiary/aromatic N) is 2. The van der Waals surface area contributed by atoms with Crippen LogP contribution in [-0.2, 0) is 6.18 Å². The highest BCUT2D eigenvalue weighted by molar-refractivity contribution is 5.85. The lowest BCUT2D eigenvalue weighted by Crippen LogP contribution is -2.35. The molecule has 20 heavy (non-hydrogen) atoms. The molecule has 3 nitrogen and oxygen atoms in total. The van der Waals surface area contributed by atoms with Crippen LogP contribution in [0.15, 0.2) is 18.5 Å². The third kappa shape index (κ3) is 3.01. The maximum atomic E-state index is 12.7. The molecule has 0 amide bonds. The van der Waals surface area contributed by atoms with Gasteiger partial charge in [0.15, 0.2) is 0 Å². The Morgan fingerprint density at radius 1 is 1.20 bits per heavy atom. The van der Waals surface area contributed by atoms with Crippen molar-refractivity contribution in [1.29, 1.82) is 0 Å². The maximum absolute atomic E-state index is 12.7. The molecule has 2 aliphatic rings. The van der Waals surface area contributed by atoms with Crippen LogP contribution in [0.3, 0.4) is 0 Å². The van der Waals surface area contributed by atoms with Gasteiger partial charge in [-0.25, -0.2) is 0 Å². The molecule has 1 aromatic rings. The van der Waals surface area contributed by atoms with Crippen LogP contribution in [0.2, 0.25) is 0 Å². The number of rotatable bonds is 1. The van der Waals surface area contributed by atoms with E-state index in [1.807, 2.05) is 4.90 Å². The van der Waals surface area contributed by atoms with Crippen LogP contribution < -0.4 is 10.2 Å². The number of hydrogen-bond donors (Lipinski definition) is 1. The number of anilines is 1. The molecule has 2 aliphatic heterocycles. The first kappa shape index (κ1) is 15.4. The predicted octanol–water partition coefficient (Wildman–Crippen LogP) is 2.57. The van der Waals surface area contributed by atoms with Crippen LogP contribution in [0, 0.1) is 11.8 Å². The minimum atomic E-state index is -4.32. The van der Waals surface area contributed by atoms with E-state index in [4.69, 9.17) is 0 Å². The van der Waals surface area contributed by atoms with Crippen molar-refractivity contribution in [3.05, 3.63) is 24.0 Å². The van der Waals surface area contributed by atoms with Crippen LogP contribution in [0.1, 0.15) is 12.0 Å². The van der Waals surface area contributed by atoms with Crippen LogP contribution >= 0.6 is 12.4 Å². The molecule has 2 saturated heterocycles. The van der Waals surface area contributed by atoms with E-state index < -0.39 is 11.7 Å². The number of piperidine rings is 1. The molecular weight excluding hydrogens is 291 g/mol. The van der Waals surface area contributed by atoms with Gasteiger partial charge >= 0.3 is 6.18 Å². The molecule has 0 radical (unpaired) electrons. The summed E-state index contributed by atoms with van der Waals surface area (Å²) in [6.45, 7) is 3.64. The molecule has 112 valence electrons. The number of fused-ring (bicyclic) bond motifs is 1. The minimum absolute atomic E-state index is 0. The predicted molar refractivity (Wildman–Crippen MR) is 73.2 cm³/mol. The molecule has 3 heterocycles. The fourth-order valence-electron chi connectivity index (χ4n) is 3.04. The second-order valence-corrected chi connectivity index (χ2v) is 5.35. The lowest BCUT2D eigenvalue weighted by Gasteiger charge is -2.23. The Morgan fingerprint density at radius 3 is 2.65 bits per heavy atom. The van der Waals surface area contributed by atoms with Gasteiger partial charge in [-0.2, -0.15) is 13.2 Å². The summed E-state index contributed by atoms with van der Waals surface area (Å²) in [5, 5.41) is 3.34. The number of alkyl halides is 3. The molecule has 1 N–H and O–H groups in total. The van der Waals surface area contributed by atoms with Gasteiger partial charge in [0.1, 0.15) is 0 Å². The Labute approximate surface area is 122 Å². The topological polar surface area (TPSA) is 28.2 Å². The van der Waals surface area contributed by atoms with Crippen molar-refractivity contribution in [3.63, 3.8) is 0 Å². The third-order valence-corrected chi connectivity index (χ3v) is 4.09. The first-order valence-electron chi connectivity index (χ1n) is 6.52. The SMILES string of the molecule is Cl.FC(F)(F)c1cncc(N2C[C@H]3CNCC[C@H]3C2)c1. The average molecular weight is 308 g/mol. The van der Waals surface area contributed by atoms with E-state index in [1.165, 1.54) is 12.3 Å². The molecular formula is C13H17ClF3N3. The first-order chi connectivity index (χ1) is 9.04. The van der Waals surface area contributed by atoms with Crippen molar-refractivity contribution < 1.29 is 13.2 Å². The molecule has 2 atom stereocenters. The fourth-order valence-corrected chi connectivity index (χ4v) is 3.04. The van der Waals surface area contributed by atoms with E-state index >= 15 is 0 Å². The zero-order chi connectivity index (χ0) is 13.5. The van der Waals surface area contributed by atoms with Crippen molar-refractivity contribution in [2.24, 2.45) is 11.8 Å². The van der Waals surface area contributed by atoms with E-state index in [1.54, 1.807) is 0 Å². The van der Waals surface area contributed by atoms with E-state index in [2.05, 4.69) is 10.3 Å². The van der Waals surface area contributed by atoms with Crippen molar-refractivity contribution in [2.45, 2.75) is 12.6 Å². The van der Waals surface area contributed by atoms with Crippen molar-refractivity contribution >= 4 is 18.1 Å². The lowest BCUT2D eigenvalue weighted by molar-refractivity contribution is -0.137. The van der Waals surface area contributed by atoms with Gasteiger partial charge < -0.3 is 10.2 Å². The van der Waals surface area contributed by atoms with Crippen molar-refractivity contribution in [2.75, 3.05) is 31.1 Å². The zero-order valence-corrected chi connectivity index (χ0v) is 11.7. The smallest absolute Gasteiger partial charge is 0.370 e.